The van der Waals surface area contributed by atoms with Crippen LogP contribution >= 0.6 is 0 Å². The first-order valence-electron chi connectivity index (χ1n) is 8.55. The number of hydrogen-bond donors (Lipinski definition) is 0. The van der Waals surface area contributed by atoms with Crippen molar-refractivity contribution in [3.63, 3.8) is 0 Å². The first kappa shape index (κ1) is 24.6. The standard InChI is InChI=1S/2C9H11.C2H6Si.2ClH.Zr/c2*1-2-5-9-7-3-6-8(9)4-1;1-3-2;;;/h2*1-2,4-6,8-9H,3,7H2;1-2H3;2*1H;/q2*-1;;;;+2/p-2. The van der Waals surface area contributed by atoms with Crippen molar-refractivity contribution >= 4 is 5.43 Å². The monoisotopic (exact) mass is 456 g/mol. The largest absolute Gasteiger partial charge is 1.00 e. The topological polar surface area (TPSA) is 0 Å². The van der Waals surface area contributed by atoms with Crippen molar-refractivity contribution in [3.05, 3.63) is 61.4 Å². The minimum absolute atomic E-state index is 0. The second-order valence-electron chi connectivity index (χ2n) is 6.65. The van der Waals surface area contributed by atoms with Crippen LogP contribution in [0.25, 0.3) is 0 Å². The number of allylic oxidation sites excluding steroid dienone is 8. The van der Waals surface area contributed by atoms with E-state index in [1.165, 1.54) is 25.7 Å². The van der Waals surface area contributed by atoms with Gasteiger partial charge >= 0.3 is 41.9 Å². The third kappa shape index (κ3) is 8.84. The van der Waals surface area contributed by atoms with Crippen LogP contribution in [-0.4, -0.2) is 5.43 Å². The van der Waals surface area contributed by atoms with E-state index in [4.69, 9.17) is 0 Å². The molecule has 4 atom stereocenters. The summed E-state index contributed by atoms with van der Waals surface area (Å²) in [6, 6.07) is 0. The molecule has 4 rings (SSSR count). The number of rotatable bonds is 0. The van der Waals surface area contributed by atoms with Gasteiger partial charge in [0.15, 0.2) is 0 Å². The second-order valence-corrected chi connectivity index (χ2v) is 16.0. The predicted molar refractivity (Wildman–Crippen MR) is 95.1 cm³/mol. The molecule has 0 bridgehead atoms. The molecule has 0 nitrogen and oxygen atoms in total. The van der Waals surface area contributed by atoms with E-state index in [1.54, 1.807) is 23.3 Å². The Morgan fingerprint density at radius 3 is 1.42 bits per heavy atom. The smallest absolute Gasteiger partial charge is 1.00 e. The van der Waals surface area contributed by atoms with Gasteiger partial charge < -0.3 is 37.7 Å². The fraction of sp³-hybridized carbons (Fsp3) is 0.500. The summed E-state index contributed by atoms with van der Waals surface area (Å²) in [6.45, 7) is 4.62. The van der Waals surface area contributed by atoms with E-state index in [0.29, 0.717) is 0 Å². The van der Waals surface area contributed by atoms with Gasteiger partial charge in [0.2, 0.25) is 0 Å². The summed E-state index contributed by atoms with van der Waals surface area (Å²) in [7, 11) is 0. The van der Waals surface area contributed by atoms with E-state index in [-0.39, 0.29) is 30.2 Å². The summed E-state index contributed by atoms with van der Waals surface area (Å²) in [4.78, 5) is 0. The maximum Gasteiger partial charge on any atom is -1.00 e. The zero-order valence-electron chi connectivity index (χ0n) is 14.7. The van der Waals surface area contributed by atoms with Crippen LogP contribution in [0.15, 0.2) is 48.6 Å². The molecule has 0 spiro atoms. The molecular formula is C20H28Cl2SiZr-2. The SMILES string of the molecule is C1=CC2[CH-]CCC2C=C1.C1=CC2[CH-]CCC2C=C1.C[Si](C)=[Zr+2].[Cl-].[Cl-]. The van der Waals surface area contributed by atoms with Gasteiger partial charge in [-0.1, -0.05) is 49.3 Å². The van der Waals surface area contributed by atoms with E-state index >= 15 is 0 Å². The molecule has 24 heavy (non-hydrogen) atoms. The van der Waals surface area contributed by atoms with Crippen molar-refractivity contribution < 1.29 is 48.1 Å². The van der Waals surface area contributed by atoms with Crippen molar-refractivity contribution in [2.75, 3.05) is 0 Å². The Morgan fingerprint density at radius 2 is 1.08 bits per heavy atom. The van der Waals surface area contributed by atoms with E-state index in [1.807, 2.05) is 0 Å². The molecule has 0 saturated heterocycles. The number of halogens is 2. The average Bonchev–Trinajstić information content (AvgIpc) is 3.16. The van der Waals surface area contributed by atoms with E-state index in [2.05, 4.69) is 74.5 Å². The molecule has 0 radical (unpaired) electrons. The Balaban J connectivity index is 0.000000341. The van der Waals surface area contributed by atoms with Gasteiger partial charge in [-0.25, -0.2) is 0 Å². The van der Waals surface area contributed by atoms with E-state index in [0.717, 1.165) is 23.7 Å². The molecule has 0 N–H and O–H groups in total. The molecule has 2 fully saturated rings. The molecule has 132 valence electrons. The molecule has 0 aromatic rings. The molecule has 2 saturated carbocycles. The van der Waals surface area contributed by atoms with Crippen LogP contribution in [0.5, 0.6) is 0 Å². The van der Waals surface area contributed by atoms with Crippen LogP contribution in [0.2, 0.25) is 13.1 Å². The Bertz CT molecular complexity index is 404. The van der Waals surface area contributed by atoms with Gasteiger partial charge in [0.25, 0.3) is 0 Å². The van der Waals surface area contributed by atoms with Crippen LogP contribution in [-0.2, 0) is 23.3 Å². The molecule has 4 heteroatoms. The summed E-state index contributed by atoms with van der Waals surface area (Å²) in [5, 5.41) is 0. The van der Waals surface area contributed by atoms with Crippen LogP contribution in [0.1, 0.15) is 25.7 Å². The van der Waals surface area contributed by atoms with Crippen molar-refractivity contribution in [1.29, 1.82) is 0 Å². The molecule has 0 aromatic carbocycles. The minimum atomic E-state index is 0. The Hall–Kier alpha value is 0.640. The third-order valence-corrected chi connectivity index (χ3v) is 4.47. The van der Waals surface area contributed by atoms with Gasteiger partial charge in [0, 0.05) is 0 Å². The van der Waals surface area contributed by atoms with Crippen LogP contribution < -0.4 is 24.8 Å². The van der Waals surface area contributed by atoms with Crippen LogP contribution in [0, 0.1) is 36.5 Å². The molecule has 4 unspecified atom stereocenters. The van der Waals surface area contributed by atoms with E-state index in [9.17, 15) is 0 Å². The third-order valence-electron chi connectivity index (χ3n) is 4.47. The summed E-state index contributed by atoms with van der Waals surface area (Å²) in [6.07, 6.45) is 28.1. The van der Waals surface area contributed by atoms with E-state index < -0.39 is 0 Å². The molecule has 0 amide bonds. The fourth-order valence-corrected chi connectivity index (χ4v) is 3.39. The number of hydrogen-bond acceptors (Lipinski definition) is 0. The van der Waals surface area contributed by atoms with Crippen LogP contribution in [0.4, 0.5) is 0 Å². The minimum Gasteiger partial charge on any atom is -1.00 e. The van der Waals surface area contributed by atoms with Gasteiger partial charge in [-0.05, 0) is 11.8 Å². The Morgan fingerprint density at radius 1 is 0.750 bits per heavy atom. The summed E-state index contributed by atoms with van der Waals surface area (Å²) in [5.74, 6) is 3.23. The van der Waals surface area contributed by atoms with Crippen molar-refractivity contribution in [1.82, 2.24) is 0 Å². The van der Waals surface area contributed by atoms with Crippen molar-refractivity contribution in [2.24, 2.45) is 23.7 Å². The van der Waals surface area contributed by atoms with Gasteiger partial charge in [-0.15, -0.1) is 24.0 Å². The maximum absolute atomic E-state index is 2.42. The van der Waals surface area contributed by atoms with Crippen LogP contribution in [0.3, 0.4) is 0 Å². The predicted octanol–water partition coefficient (Wildman–Crippen LogP) is -0.522. The molecule has 4 aliphatic carbocycles. The summed E-state index contributed by atoms with van der Waals surface area (Å²) in [5.41, 5.74) is 0.210. The fourth-order valence-electron chi connectivity index (χ4n) is 3.39. The Labute approximate surface area is 176 Å². The molecule has 0 heterocycles. The molecular weight excluding hydrogens is 430 g/mol. The first-order chi connectivity index (χ1) is 10.7. The molecule has 0 aliphatic heterocycles. The zero-order chi connectivity index (χ0) is 15.8. The molecule has 0 aromatic heterocycles. The van der Waals surface area contributed by atoms with Gasteiger partial charge in [0.05, 0.1) is 0 Å². The van der Waals surface area contributed by atoms with Gasteiger partial charge in [0.1, 0.15) is 0 Å². The van der Waals surface area contributed by atoms with Crippen molar-refractivity contribution in [2.45, 2.75) is 38.8 Å². The van der Waals surface area contributed by atoms with Gasteiger partial charge in [-0.3, -0.25) is 0 Å². The van der Waals surface area contributed by atoms with Crippen molar-refractivity contribution in [3.8, 4) is 0 Å². The quantitative estimate of drug-likeness (QED) is 0.339. The first-order valence-corrected chi connectivity index (χ1v) is 14.7. The van der Waals surface area contributed by atoms with Gasteiger partial charge in [-0.2, -0.15) is 12.8 Å². The normalized spacial score (nSPS) is 30.5. The maximum atomic E-state index is 2.42. The summed E-state index contributed by atoms with van der Waals surface area (Å²) >= 11 is 1.74. The zero-order valence-corrected chi connectivity index (χ0v) is 19.6. The number of fused-ring (bicyclic) bond motifs is 2. The average molecular weight is 459 g/mol. The second kappa shape index (κ2) is 13.8. The summed E-state index contributed by atoms with van der Waals surface area (Å²) < 4.78 is 0. The Kier molecular flexibility index (Phi) is 14.2. The molecule has 4 aliphatic rings.